The molecule has 76 valence electrons. The Morgan fingerprint density at radius 3 is 2.08 bits per heavy atom. The maximum absolute atomic E-state index is 10.0. The Hall–Kier alpha value is -0.340. The van der Waals surface area contributed by atoms with Crippen molar-refractivity contribution in [2.45, 2.75) is 46.8 Å². The molecule has 0 heterocycles. The normalized spacial score (nSPS) is 37.0. The van der Waals surface area contributed by atoms with Gasteiger partial charge in [0.15, 0.2) is 0 Å². The van der Waals surface area contributed by atoms with E-state index in [9.17, 15) is 10.2 Å². The van der Waals surface area contributed by atoms with Gasteiger partial charge in [-0.15, -0.1) is 0 Å². The molecule has 0 aromatic rings. The Morgan fingerprint density at radius 2 is 1.62 bits per heavy atom. The SMILES string of the molecule is CC1=CC(C)(C)[C@@H](O)C(C)(C)[C@H]1O. The van der Waals surface area contributed by atoms with Gasteiger partial charge < -0.3 is 10.2 Å². The summed E-state index contributed by atoms with van der Waals surface area (Å²) in [5.74, 6) is 0. The molecule has 0 aromatic carbocycles. The first kappa shape index (κ1) is 10.7. The summed E-state index contributed by atoms with van der Waals surface area (Å²) >= 11 is 0. The van der Waals surface area contributed by atoms with Gasteiger partial charge in [0.2, 0.25) is 0 Å². The average Bonchev–Trinajstić information content (AvgIpc) is 1.98. The Labute approximate surface area is 80.3 Å². The summed E-state index contributed by atoms with van der Waals surface area (Å²) in [6.45, 7) is 9.71. The van der Waals surface area contributed by atoms with Crippen molar-refractivity contribution in [1.82, 2.24) is 0 Å². The summed E-state index contributed by atoms with van der Waals surface area (Å²) < 4.78 is 0. The minimum absolute atomic E-state index is 0.243. The Bertz CT molecular complexity index is 238. The van der Waals surface area contributed by atoms with Gasteiger partial charge in [-0.25, -0.2) is 0 Å². The van der Waals surface area contributed by atoms with E-state index in [4.69, 9.17) is 0 Å². The van der Waals surface area contributed by atoms with Crippen LogP contribution in [-0.4, -0.2) is 22.4 Å². The molecule has 2 atom stereocenters. The summed E-state index contributed by atoms with van der Waals surface area (Å²) in [5, 5.41) is 19.9. The summed E-state index contributed by atoms with van der Waals surface area (Å²) in [6.07, 6.45) is 0.933. The average molecular weight is 184 g/mol. The maximum Gasteiger partial charge on any atom is 0.0823 e. The highest BCUT2D eigenvalue weighted by Crippen LogP contribution is 2.44. The molecule has 0 aliphatic heterocycles. The number of hydrogen-bond acceptors (Lipinski definition) is 2. The van der Waals surface area contributed by atoms with Crippen molar-refractivity contribution in [2.75, 3.05) is 0 Å². The Kier molecular flexibility index (Phi) is 2.33. The first-order chi connectivity index (χ1) is 5.69. The molecule has 2 nitrogen and oxygen atoms in total. The van der Waals surface area contributed by atoms with Gasteiger partial charge >= 0.3 is 0 Å². The molecule has 0 saturated heterocycles. The molecule has 13 heavy (non-hydrogen) atoms. The van der Waals surface area contributed by atoms with Crippen molar-refractivity contribution in [3.8, 4) is 0 Å². The number of aliphatic hydroxyl groups excluding tert-OH is 2. The lowest BCUT2D eigenvalue weighted by molar-refractivity contribution is -0.0860. The molecule has 0 amide bonds. The fourth-order valence-corrected chi connectivity index (χ4v) is 2.44. The molecule has 2 heteroatoms. The van der Waals surface area contributed by atoms with Crippen LogP contribution in [0, 0.1) is 10.8 Å². The second-order valence-electron chi connectivity index (χ2n) is 5.34. The first-order valence-corrected chi connectivity index (χ1v) is 4.75. The monoisotopic (exact) mass is 184 g/mol. The summed E-state index contributed by atoms with van der Waals surface area (Å²) in [5.41, 5.74) is 0.259. The number of aliphatic hydroxyl groups is 2. The van der Waals surface area contributed by atoms with Crippen LogP contribution in [0.2, 0.25) is 0 Å². The van der Waals surface area contributed by atoms with Crippen molar-refractivity contribution < 1.29 is 10.2 Å². The third-order valence-corrected chi connectivity index (χ3v) is 3.15. The predicted octanol–water partition coefficient (Wildman–Crippen LogP) is 1.72. The third kappa shape index (κ3) is 1.53. The fraction of sp³-hybridized carbons (Fsp3) is 0.818. The van der Waals surface area contributed by atoms with Crippen LogP contribution in [0.1, 0.15) is 34.6 Å². The van der Waals surface area contributed by atoms with Crippen LogP contribution in [0.15, 0.2) is 11.6 Å². The van der Waals surface area contributed by atoms with Crippen LogP contribution < -0.4 is 0 Å². The molecule has 1 rings (SSSR count). The maximum atomic E-state index is 10.0. The third-order valence-electron chi connectivity index (χ3n) is 3.15. The van der Waals surface area contributed by atoms with Gasteiger partial charge in [0.1, 0.15) is 0 Å². The molecule has 0 unspecified atom stereocenters. The zero-order valence-electron chi connectivity index (χ0n) is 9.13. The predicted molar refractivity (Wildman–Crippen MR) is 53.3 cm³/mol. The van der Waals surface area contributed by atoms with E-state index in [1.165, 1.54) is 0 Å². The van der Waals surface area contributed by atoms with E-state index in [0.717, 1.165) is 5.57 Å². The lowest BCUT2D eigenvalue weighted by Gasteiger charge is -2.47. The highest BCUT2D eigenvalue weighted by atomic mass is 16.3. The van der Waals surface area contributed by atoms with Crippen molar-refractivity contribution >= 4 is 0 Å². The first-order valence-electron chi connectivity index (χ1n) is 4.75. The zero-order chi connectivity index (χ0) is 10.4. The largest absolute Gasteiger partial charge is 0.392 e. The van der Waals surface area contributed by atoms with Crippen LogP contribution in [-0.2, 0) is 0 Å². The molecule has 0 bridgehead atoms. The van der Waals surface area contributed by atoms with Gasteiger partial charge in [0, 0.05) is 10.8 Å². The molecule has 0 saturated carbocycles. The van der Waals surface area contributed by atoms with Gasteiger partial charge in [-0.1, -0.05) is 33.8 Å². The van der Waals surface area contributed by atoms with Gasteiger partial charge in [0.05, 0.1) is 12.2 Å². The van der Waals surface area contributed by atoms with E-state index >= 15 is 0 Å². The lowest BCUT2D eigenvalue weighted by atomic mass is 9.63. The number of hydrogen-bond donors (Lipinski definition) is 2. The van der Waals surface area contributed by atoms with Gasteiger partial charge in [-0.3, -0.25) is 0 Å². The Balaban J connectivity index is 3.16. The highest BCUT2D eigenvalue weighted by molar-refractivity contribution is 5.22. The van der Waals surface area contributed by atoms with E-state index in [1.54, 1.807) is 0 Å². The van der Waals surface area contributed by atoms with Crippen molar-refractivity contribution in [3.63, 3.8) is 0 Å². The van der Waals surface area contributed by atoms with E-state index < -0.39 is 17.6 Å². The molecule has 0 fully saturated rings. The lowest BCUT2D eigenvalue weighted by Crippen LogP contribution is -2.51. The van der Waals surface area contributed by atoms with Crippen LogP contribution >= 0.6 is 0 Å². The van der Waals surface area contributed by atoms with Crippen LogP contribution in [0.25, 0.3) is 0 Å². The van der Waals surface area contributed by atoms with Gasteiger partial charge in [0.25, 0.3) is 0 Å². The quantitative estimate of drug-likeness (QED) is 0.563. The molecule has 1 aliphatic carbocycles. The van der Waals surface area contributed by atoms with Gasteiger partial charge in [-0.05, 0) is 12.5 Å². The molecule has 0 radical (unpaired) electrons. The molecule has 1 aliphatic rings. The van der Waals surface area contributed by atoms with Gasteiger partial charge in [-0.2, -0.15) is 0 Å². The highest BCUT2D eigenvalue weighted by Gasteiger charge is 2.47. The summed E-state index contributed by atoms with van der Waals surface area (Å²) in [7, 11) is 0. The minimum atomic E-state index is -0.532. The molecular formula is C11H20O2. The van der Waals surface area contributed by atoms with Crippen molar-refractivity contribution in [2.24, 2.45) is 10.8 Å². The fourth-order valence-electron chi connectivity index (χ4n) is 2.44. The van der Waals surface area contributed by atoms with E-state index in [1.807, 2.05) is 40.7 Å². The standard InChI is InChI=1S/C11H20O2/c1-7-6-10(2,3)9(13)11(4,5)8(7)12/h6,8-9,12-13H,1-5H3/t8-,9+/m0/s1. The summed E-state index contributed by atoms with van der Waals surface area (Å²) in [4.78, 5) is 0. The van der Waals surface area contributed by atoms with Crippen LogP contribution in [0.4, 0.5) is 0 Å². The smallest absolute Gasteiger partial charge is 0.0823 e. The summed E-state index contributed by atoms with van der Waals surface area (Å²) in [6, 6.07) is 0. The van der Waals surface area contributed by atoms with E-state index in [-0.39, 0.29) is 5.41 Å². The van der Waals surface area contributed by atoms with Crippen LogP contribution in [0.5, 0.6) is 0 Å². The molecular weight excluding hydrogens is 164 g/mol. The Morgan fingerprint density at radius 1 is 1.15 bits per heavy atom. The second-order valence-corrected chi connectivity index (χ2v) is 5.34. The van der Waals surface area contributed by atoms with E-state index in [0.29, 0.717) is 0 Å². The molecule has 0 spiro atoms. The second kappa shape index (κ2) is 2.82. The minimum Gasteiger partial charge on any atom is -0.392 e. The van der Waals surface area contributed by atoms with Crippen LogP contribution in [0.3, 0.4) is 0 Å². The van der Waals surface area contributed by atoms with Crippen molar-refractivity contribution in [1.29, 1.82) is 0 Å². The zero-order valence-corrected chi connectivity index (χ0v) is 9.13. The number of rotatable bonds is 0. The van der Waals surface area contributed by atoms with E-state index in [2.05, 4.69) is 0 Å². The van der Waals surface area contributed by atoms with Crippen molar-refractivity contribution in [3.05, 3.63) is 11.6 Å². The molecule has 2 N–H and O–H groups in total. The topological polar surface area (TPSA) is 40.5 Å². The molecule has 0 aromatic heterocycles.